The molecule has 0 aliphatic heterocycles. The second-order valence-corrected chi connectivity index (χ2v) is 16.4. The summed E-state index contributed by atoms with van der Waals surface area (Å²) in [5.41, 5.74) is 0. The first-order chi connectivity index (χ1) is 23.0. The van der Waals surface area contributed by atoms with E-state index in [0.717, 1.165) is 51.4 Å². The second-order valence-electron chi connectivity index (χ2n) is 15.0. The molecule has 0 rings (SSSR count). The van der Waals surface area contributed by atoms with Crippen LogP contribution >= 0.6 is 7.82 Å². The van der Waals surface area contributed by atoms with Crippen molar-refractivity contribution < 1.29 is 32.9 Å². The van der Waals surface area contributed by atoms with Gasteiger partial charge in [-0.15, -0.1) is 0 Å². The van der Waals surface area contributed by atoms with E-state index in [2.05, 4.69) is 31.3 Å². The van der Waals surface area contributed by atoms with Crippen LogP contribution in [0.4, 0.5) is 0 Å². The second kappa shape index (κ2) is 32.2. The van der Waals surface area contributed by atoms with Gasteiger partial charge in [0, 0.05) is 6.42 Å². The predicted molar refractivity (Wildman–Crippen MR) is 201 cm³/mol. The van der Waals surface area contributed by atoms with Gasteiger partial charge in [-0.25, -0.2) is 0 Å². The number of phosphoric acid groups is 1. The minimum atomic E-state index is -4.55. The zero-order valence-corrected chi connectivity index (χ0v) is 33.1. The molecule has 0 saturated carbocycles. The van der Waals surface area contributed by atoms with Gasteiger partial charge in [-0.05, 0) is 38.5 Å². The van der Waals surface area contributed by atoms with Crippen LogP contribution in [-0.2, 0) is 18.4 Å². The summed E-state index contributed by atoms with van der Waals surface area (Å²) in [7, 11) is 1.30. The van der Waals surface area contributed by atoms with Gasteiger partial charge in [-0.2, -0.15) is 0 Å². The maximum absolute atomic E-state index is 12.8. The van der Waals surface area contributed by atoms with Crippen LogP contribution in [0, 0.1) is 0 Å². The van der Waals surface area contributed by atoms with Crippen LogP contribution < -0.4 is 10.2 Å². The SMILES string of the molecule is CCCCC/C=C\CCCCCCCC(=O)NC(COP(=O)([O-])OCC[N+](C)(C)C)C(O)CCCCCCCCCCCCCCCC. The third-order valence-corrected chi connectivity index (χ3v) is 9.97. The molecule has 0 heterocycles. The van der Waals surface area contributed by atoms with Crippen LogP contribution in [-0.4, -0.2) is 68.5 Å². The third kappa shape index (κ3) is 33.7. The average molecular weight is 703 g/mol. The molecule has 0 aromatic carbocycles. The summed E-state index contributed by atoms with van der Waals surface area (Å²) in [6, 6.07) is -0.798. The molecule has 0 fully saturated rings. The number of nitrogens with zero attached hydrogens (tertiary/aromatic N) is 1. The van der Waals surface area contributed by atoms with Crippen molar-refractivity contribution in [2.75, 3.05) is 40.9 Å². The van der Waals surface area contributed by atoms with Crippen LogP contribution in [0.25, 0.3) is 0 Å². The van der Waals surface area contributed by atoms with E-state index < -0.39 is 20.0 Å². The van der Waals surface area contributed by atoms with Gasteiger partial charge < -0.3 is 28.8 Å². The van der Waals surface area contributed by atoms with Gasteiger partial charge in [-0.1, -0.05) is 148 Å². The van der Waals surface area contributed by atoms with Crippen molar-refractivity contribution in [1.29, 1.82) is 0 Å². The Kier molecular flexibility index (Phi) is 31.7. The van der Waals surface area contributed by atoms with Crippen molar-refractivity contribution in [1.82, 2.24) is 5.32 Å². The van der Waals surface area contributed by atoms with Gasteiger partial charge in [0.25, 0.3) is 7.82 Å². The lowest BCUT2D eigenvalue weighted by Gasteiger charge is -2.30. The van der Waals surface area contributed by atoms with Crippen molar-refractivity contribution in [3.05, 3.63) is 12.2 Å². The molecule has 9 heteroatoms. The zero-order valence-electron chi connectivity index (χ0n) is 32.2. The highest BCUT2D eigenvalue weighted by atomic mass is 31.2. The maximum Gasteiger partial charge on any atom is 0.268 e. The first-order valence-electron chi connectivity index (χ1n) is 20.0. The van der Waals surface area contributed by atoms with Crippen molar-refractivity contribution in [2.24, 2.45) is 0 Å². The predicted octanol–water partition coefficient (Wildman–Crippen LogP) is 9.78. The Balaban J connectivity index is 4.45. The molecule has 286 valence electrons. The summed E-state index contributed by atoms with van der Waals surface area (Å²) >= 11 is 0. The number of hydrogen-bond donors (Lipinski definition) is 2. The van der Waals surface area contributed by atoms with Crippen LogP contribution in [0.5, 0.6) is 0 Å². The fourth-order valence-corrected chi connectivity index (χ4v) is 6.46. The highest BCUT2D eigenvalue weighted by Crippen LogP contribution is 2.38. The number of hydrogen-bond acceptors (Lipinski definition) is 6. The molecule has 0 aliphatic carbocycles. The number of amides is 1. The smallest absolute Gasteiger partial charge is 0.268 e. The first-order valence-corrected chi connectivity index (χ1v) is 21.5. The van der Waals surface area contributed by atoms with Gasteiger partial charge in [0.05, 0.1) is 39.9 Å². The van der Waals surface area contributed by atoms with Gasteiger partial charge in [0.1, 0.15) is 13.2 Å². The van der Waals surface area contributed by atoms with Gasteiger partial charge in [-0.3, -0.25) is 9.36 Å². The molecule has 0 aromatic rings. The van der Waals surface area contributed by atoms with Crippen molar-refractivity contribution in [3.63, 3.8) is 0 Å². The third-order valence-electron chi connectivity index (χ3n) is 9.00. The summed E-state index contributed by atoms with van der Waals surface area (Å²) in [4.78, 5) is 25.2. The minimum Gasteiger partial charge on any atom is -0.756 e. The molecule has 0 bridgehead atoms. The molecule has 0 aliphatic rings. The first kappa shape index (κ1) is 47.2. The van der Waals surface area contributed by atoms with Crippen LogP contribution in [0.15, 0.2) is 12.2 Å². The number of carbonyl (C=O) groups excluding carboxylic acids is 1. The maximum atomic E-state index is 12.8. The summed E-state index contributed by atoms with van der Waals surface area (Å²) in [5.74, 6) is -0.176. The van der Waals surface area contributed by atoms with Crippen molar-refractivity contribution in [2.45, 2.75) is 193 Å². The largest absolute Gasteiger partial charge is 0.756 e. The fraction of sp³-hybridized carbons (Fsp3) is 0.923. The zero-order chi connectivity index (χ0) is 35.8. The molecule has 8 nitrogen and oxygen atoms in total. The van der Waals surface area contributed by atoms with E-state index in [1.54, 1.807) is 0 Å². The summed E-state index contributed by atoms with van der Waals surface area (Å²) in [6.45, 7) is 4.67. The summed E-state index contributed by atoms with van der Waals surface area (Å²) in [5, 5.41) is 13.8. The summed E-state index contributed by atoms with van der Waals surface area (Å²) < 4.78 is 23.2. The molecule has 0 aromatic heterocycles. The molecular weight excluding hydrogens is 623 g/mol. The Morgan fingerprint density at radius 2 is 1.15 bits per heavy atom. The molecule has 3 atom stereocenters. The molecule has 3 unspecified atom stereocenters. The molecule has 48 heavy (non-hydrogen) atoms. The van der Waals surface area contributed by atoms with Crippen LogP contribution in [0.1, 0.15) is 181 Å². The molecule has 0 spiro atoms. The molecule has 2 N–H and O–H groups in total. The molecule has 0 saturated heterocycles. The Bertz CT molecular complexity index is 804. The molecular formula is C39H79N2O6P. The quantitative estimate of drug-likeness (QED) is 0.0291. The number of rotatable bonds is 36. The normalized spacial score (nSPS) is 14.7. The number of carbonyl (C=O) groups is 1. The number of aliphatic hydroxyl groups is 1. The Morgan fingerprint density at radius 1 is 0.708 bits per heavy atom. The van der Waals surface area contributed by atoms with E-state index in [9.17, 15) is 19.4 Å². The van der Waals surface area contributed by atoms with E-state index in [4.69, 9.17) is 9.05 Å². The Morgan fingerprint density at radius 3 is 1.67 bits per heavy atom. The number of likely N-dealkylation sites (N-methyl/N-ethyl adjacent to an activating group) is 1. The van der Waals surface area contributed by atoms with Gasteiger partial charge >= 0.3 is 0 Å². The number of quaternary nitrogens is 1. The van der Waals surface area contributed by atoms with Gasteiger partial charge in [0.2, 0.25) is 5.91 Å². The number of aliphatic hydroxyl groups excluding tert-OH is 1. The van der Waals surface area contributed by atoms with E-state index in [0.29, 0.717) is 23.9 Å². The standard InChI is InChI=1S/C39H79N2O6P/c1-6-8-10-12-14-16-18-20-21-22-24-26-28-30-32-38(42)37(36-47-48(44,45)46-35-34-41(3,4)5)40-39(43)33-31-29-27-25-23-19-17-15-13-11-9-7-2/h15,17,37-38,42H,6-14,16,18-36H2,1-5H3,(H-,40,43,44,45)/b17-15-. The summed E-state index contributed by atoms with van der Waals surface area (Å²) in [6.07, 6.45) is 33.5. The molecule has 1 amide bonds. The highest BCUT2D eigenvalue weighted by molar-refractivity contribution is 7.45. The lowest BCUT2D eigenvalue weighted by molar-refractivity contribution is -0.870. The van der Waals surface area contributed by atoms with Gasteiger partial charge in [0.15, 0.2) is 0 Å². The lowest BCUT2D eigenvalue weighted by Crippen LogP contribution is -2.46. The monoisotopic (exact) mass is 703 g/mol. The fourth-order valence-electron chi connectivity index (χ4n) is 5.74. The number of nitrogens with one attached hydrogen (secondary N) is 1. The van der Waals surface area contributed by atoms with Crippen molar-refractivity contribution in [3.8, 4) is 0 Å². The topological polar surface area (TPSA) is 108 Å². The number of phosphoric ester groups is 1. The minimum absolute atomic E-state index is 0.0121. The van der Waals surface area contributed by atoms with E-state index >= 15 is 0 Å². The number of allylic oxidation sites excluding steroid dienone is 2. The van der Waals surface area contributed by atoms with Crippen molar-refractivity contribution >= 4 is 13.7 Å². The highest BCUT2D eigenvalue weighted by Gasteiger charge is 2.24. The van der Waals surface area contributed by atoms with Crippen LogP contribution in [0.3, 0.4) is 0 Å². The van der Waals surface area contributed by atoms with E-state index in [-0.39, 0.29) is 19.1 Å². The Hall–Kier alpha value is -0.760. The lowest BCUT2D eigenvalue weighted by atomic mass is 10.0. The average Bonchev–Trinajstić information content (AvgIpc) is 3.02. The Labute approximate surface area is 297 Å². The van der Waals surface area contributed by atoms with E-state index in [1.807, 2.05) is 21.1 Å². The number of unbranched alkanes of at least 4 members (excludes halogenated alkanes) is 21. The van der Waals surface area contributed by atoms with E-state index in [1.165, 1.54) is 103 Å². The molecule has 0 radical (unpaired) electrons. The van der Waals surface area contributed by atoms with Crippen LogP contribution in [0.2, 0.25) is 0 Å².